The summed E-state index contributed by atoms with van der Waals surface area (Å²) in [7, 11) is 0. The number of ether oxygens (including phenoxy) is 1. The van der Waals surface area contributed by atoms with Crippen molar-refractivity contribution < 1.29 is 19.1 Å². The van der Waals surface area contributed by atoms with Crippen LogP contribution in [0.2, 0.25) is 0 Å². The Morgan fingerprint density at radius 1 is 0.854 bits per heavy atom. The highest BCUT2D eigenvalue weighted by Crippen LogP contribution is 2.26. The van der Waals surface area contributed by atoms with Crippen molar-refractivity contribution in [3.8, 4) is 0 Å². The summed E-state index contributed by atoms with van der Waals surface area (Å²) >= 11 is 0. The number of anilines is 1. The van der Waals surface area contributed by atoms with Crippen molar-refractivity contribution in [3.05, 3.63) is 77.9 Å². The van der Waals surface area contributed by atoms with Gasteiger partial charge in [-0.05, 0) is 62.6 Å². The summed E-state index contributed by atoms with van der Waals surface area (Å²) in [5, 5.41) is 7.73. The van der Waals surface area contributed by atoms with Crippen LogP contribution < -0.4 is 10.6 Å². The molecule has 0 fully saturated rings. The molecule has 0 aliphatic carbocycles. The van der Waals surface area contributed by atoms with E-state index in [0.29, 0.717) is 12.2 Å². The molecular formula is C34H45N3O4. The smallest absolute Gasteiger partial charge is 0.408 e. The van der Waals surface area contributed by atoms with Crippen LogP contribution in [0, 0.1) is 6.92 Å². The number of carbonyl (C=O) groups excluding carboxylic acids is 3. The van der Waals surface area contributed by atoms with Crippen molar-refractivity contribution in [1.29, 1.82) is 0 Å². The number of unbranched alkanes of at least 4 members (excludes halogenated alkanes) is 5. The van der Waals surface area contributed by atoms with Crippen LogP contribution in [0.3, 0.4) is 0 Å². The lowest BCUT2D eigenvalue weighted by Crippen LogP contribution is -2.47. The van der Waals surface area contributed by atoms with Gasteiger partial charge in [0.1, 0.15) is 18.2 Å². The van der Waals surface area contributed by atoms with Gasteiger partial charge in [0.15, 0.2) is 0 Å². The fourth-order valence-corrected chi connectivity index (χ4v) is 4.81. The maximum absolute atomic E-state index is 14.0. The lowest BCUT2D eigenvalue weighted by molar-refractivity contribution is -0.138. The number of fused-ring (bicyclic) bond motifs is 1. The van der Waals surface area contributed by atoms with Crippen LogP contribution in [0.25, 0.3) is 10.8 Å². The van der Waals surface area contributed by atoms with Crippen LogP contribution in [0.4, 0.5) is 10.5 Å². The van der Waals surface area contributed by atoms with E-state index in [4.69, 9.17) is 4.74 Å². The molecule has 220 valence electrons. The molecule has 0 radical (unpaired) electrons. The monoisotopic (exact) mass is 559 g/mol. The first-order valence-electron chi connectivity index (χ1n) is 14.7. The topological polar surface area (TPSA) is 87.7 Å². The third kappa shape index (κ3) is 10.2. The maximum atomic E-state index is 14.0. The number of nitrogens with zero attached hydrogens (tertiary/aromatic N) is 1. The van der Waals surface area contributed by atoms with Crippen molar-refractivity contribution in [2.24, 2.45) is 0 Å². The van der Waals surface area contributed by atoms with Gasteiger partial charge in [-0.1, -0.05) is 99.2 Å². The van der Waals surface area contributed by atoms with Crippen LogP contribution in [0.1, 0.15) is 83.4 Å². The predicted molar refractivity (Wildman–Crippen MR) is 166 cm³/mol. The van der Waals surface area contributed by atoms with E-state index in [9.17, 15) is 14.4 Å². The average molecular weight is 560 g/mol. The molecule has 3 aromatic carbocycles. The number of hydrogen-bond donors (Lipinski definition) is 2. The van der Waals surface area contributed by atoms with E-state index in [-0.39, 0.29) is 18.4 Å². The van der Waals surface area contributed by atoms with Gasteiger partial charge in [-0.2, -0.15) is 0 Å². The van der Waals surface area contributed by atoms with E-state index in [2.05, 4.69) is 17.6 Å². The van der Waals surface area contributed by atoms with E-state index < -0.39 is 17.7 Å². The molecule has 0 spiro atoms. The highest BCUT2D eigenvalue weighted by molar-refractivity contribution is 6.00. The molecular weight excluding hydrogens is 514 g/mol. The third-order valence-electron chi connectivity index (χ3n) is 6.79. The highest BCUT2D eigenvalue weighted by Gasteiger charge is 2.32. The summed E-state index contributed by atoms with van der Waals surface area (Å²) in [5.74, 6) is -0.646. The van der Waals surface area contributed by atoms with Crippen LogP contribution in [-0.4, -0.2) is 41.5 Å². The first-order valence-corrected chi connectivity index (χ1v) is 14.7. The zero-order valence-electron chi connectivity index (χ0n) is 25.2. The van der Waals surface area contributed by atoms with Gasteiger partial charge in [-0.25, -0.2) is 4.79 Å². The second-order valence-corrected chi connectivity index (χ2v) is 11.6. The van der Waals surface area contributed by atoms with Crippen LogP contribution in [-0.2, 0) is 14.3 Å². The highest BCUT2D eigenvalue weighted by atomic mass is 16.6. The minimum Gasteiger partial charge on any atom is -0.444 e. The summed E-state index contributed by atoms with van der Waals surface area (Å²) in [5.41, 5.74) is 1.68. The van der Waals surface area contributed by atoms with Gasteiger partial charge in [-0.15, -0.1) is 0 Å². The number of nitrogens with one attached hydrogen (secondary N) is 2. The van der Waals surface area contributed by atoms with Crippen molar-refractivity contribution in [1.82, 2.24) is 10.2 Å². The quantitative estimate of drug-likeness (QED) is 0.212. The van der Waals surface area contributed by atoms with Gasteiger partial charge in [0.25, 0.3) is 5.91 Å². The third-order valence-corrected chi connectivity index (χ3v) is 6.79. The first kappa shape index (κ1) is 31.7. The molecule has 0 aliphatic heterocycles. The van der Waals surface area contributed by atoms with Gasteiger partial charge in [0, 0.05) is 12.2 Å². The van der Waals surface area contributed by atoms with E-state index in [1.54, 1.807) is 25.7 Å². The Bertz CT molecular complexity index is 1310. The van der Waals surface area contributed by atoms with Gasteiger partial charge in [0.05, 0.1) is 0 Å². The van der Waals surface area contributed by atoms with Gasteiger partial charge in [-0.3, -0.25) is 9.59 Å². The van der Waals surface area contributed by atoms with Crippen LogP contribution in [0.5, 0.6) is 0 Å². The van der Waals surface area contributed by atoms with Crippen molar-refractivity contribution in [2.45, 2.75) is 84.8 Å². The summed E-state index contributed by atoms with van der Waals surface area (Å²) in [6.07, 6.45) is 5.61. The normalized spacial score (nSPS) is 12.0. The van der Waals surface area contributed by atoms with Crippen LogP contribution in [0.15, 0.2) is 66.7 Å². The Morgan fingerprint density at radius 3 is 2.27 bits per heavy atom. The first-order chi connectivity index (χ1) is 19.6. The Hall–Kier alpha value is -3.87. The lowest BCUT2D eigenvalue weighted by atomic mass is 10.0. The minimum atomic E-state index is -0.870. The molecule has 0 bridgehead atoms. The molecule has 0 heterocycles. The zero-order valence-corrected chi connectivity index (χ0v) is 25.2. The molecule has 1 atom stereocenters. The van der Waals surface area contributed by atoms with Crippen molar-refractivity contribution >= 4 is 34.4 Å². The molecule has 0 saturated heterocycles. The maximum Gasteiger partial charge on any atom is 0.408 e. The molecule has 0 aromatic heterocycles. The zero-order chi connectivity index (χ0) is 29.8. The number of amides is 3. The number of carbonyl (C=O) groups is 3. The number of rotatable bonds is 13. The molecule has 1 unspecified atom stereocenters. The lowest BCUT2D eigenvalue weighted by Gasteiger charge is -2.32. The van der Waals surface area contributed by atoms with E-state index in [1.807, 2.05) is 73.7 Å². The predicted octanol–water partition coefficient (Wildman–Crippen LogP) is 7.54. The molecule has 2 N–H and O–H groups in total. The second-order valence-electron chi connectivity index (χ2n) is 11.6. The Balaban J connectivity index is 1.88. The summed E-state index contributed by atoms with van der Waals surface area (Å²) < 4.78 is 5.33. The average Bonchev–Trinajstić information content (AvgIpc) is 2.92. The SMILES string of the molecule is CCCCCCCCN(C(=O)CNC(=O)OC(C)(C)C)C(C(=O)Nc1ccc2ccccc2c1)c1cccc(C)c1. The minimum absolute atomic E-state index is 0.268. The largest absolute Gasteiger partial charge is 0.444 e. The molecule has 3 aromatic rings. The summed E-state index contributed by atoms with van der Waals surface area (Å²) in [6.45, 7) is 9.57. The van der Waals surface area contributed by atoms with Gasteiger partial charge >= 0.3 is 6.09 Å². The number of hydrogen-bond acceptors (Lipinski definition) is 4. The van der Waals surface area contributed by atoms with E-state index in [0.717, 1.165) is 54.0 Å². The number of alkyl carbamates (subject to hydrolysis) is 1. The Morgan fingerprint density at radius 2 is 1.56 bits per heavy atom. The number of benzene rings is 3. The van der Waals surface area contributed by atoms with Crippen molar-refractivity contribution in [3.63, 3.8) is 0 Å². The molecule has 3 amide bonds. The fourth-order valence-electron chi connectivity index (χ4n) is 4.81. The van der Waals surface area contributed by atoms with E-state index >= 15 is 0 Å². The Labute approximate surface area is 244 Å². The molecule has 0 aliphatic rings. The fraction of sp³-hybridized carbons (Fsp3) is 0.441. The summed E-state index contributed by atoms with van der Waals surface area (Å²) in [4.78, 5) is 41.6. The number of aryl methyl sites for hydroxylation is 1. The van der Waals surface area contributed by atoms with E-state index in [1.165, 1.54) is 6.42 Å². The standard InChI is InChI=1S/C34H45N3O4/c1-6-7-8-9-10-13-21-37(30(38)24-35-33(40)41-34(3,4)5)31(28-18-14-15-25(2)22-28)32(39)36-29-20-19-26-16-11-12-17-27(26)23-29/h11-12,14-20,22-23,31H,6-10,13,21,24H2,1-5H3,(H,35,40)(H,36,39). The summed E-state index contributed by atoms with van der Waals surface area (Å²) in [6, 6.07) is 20.5. The molecule has 7 nitrogen and oxygen atoms in total. The molecule has 0 saturated carbocycles. The molecule has 41 heavy (non-hydrogen) atoms. The van der Waals surface area contributed by atoms with Gasteiger partial charge in [0.2, 0.25) is 5.91 Å². The molecule has 3 rings (SSSR count). The second kappa shape index (κ2) is 15.2. The van der Waals surface area contributed by atoms with Crippen molar-refractivity contribution in [2.75, 3.05) is 18.4 Å². The van der Waals surface area contributed by atoms with Crippen LogP contribution >= 0.6 is 0 Å². The Kier molecular flexibility index (Phi) is 11.7. The molecule has 7 heteroatoms. The van der Waals surface area contributed by atoms with Gasteiger partial charge < -0.3 is 20.3 Å².